The minimum Gasteiger partial charge on any atom is -0.392 e. The van der Waals surface area contributed by atoms with Crippen molar-refractivity contribution < 1.29 is 10.2 Å². The van der Waals surface area contributed by atoms with Crippen LogP contribution in [0, 0.1) is 0 Å². The van der Waals surface area contributed by atoms with Crippen molar-refractivity contribution in [1.29, 1.82) is 0 Å². The Morgan fingerprint density at radius 1 is 0.393 bits per heavy atom. The Labute approximate surface area is 336 Å². The van der Waals surface area contributed by atoms with Crippen molar-refractivity contribution in [2.75, 3.05) is 36.0 Å². The van der Waals surface area contributed by atoms with Crippen LogP contribution in [0.4, 0.5) is 11.4 Å². The molecule has 6 aromatic rings. The van der Waals surface area contributed by atoms with Crippen LogP contribution in [0.2, 0.25) is 0 Å². The second-order valence-corrected chi connectivity index (χ2v) is 16.7. The molecule has 0 radical (unpaired) electrons. The average Bonchev–Trinajstić information content (AvgIpc) is 3.22. The summed E-state index contributed by atoms with van der Waals surface area (Å²) in [4.78, 5) is 5.21. The Bertz CT molecular complexity index is 2020. The van der Waals surface area contributed by atoms with Gasteiger partial charge < -0.3 is 20.0 Å². The molecule has 1 aliphatic carbocycles. The second-order valence-electron chi connectivity index (χ2n) is 16.7. The molecule has 0 bridgehead atoms. The molecule has 0 spiro atoms. The third-order valence-corrected chi connectivity index (χ3v) is 12.8. The molecule has 1 saturated carbocycles. The van der Waals surface area contributed by atoms with Gasteiger partial charge in [-0.2, -0.15) is 0 Å². The van der Waals surface area contributed by atoms with Crippen molar-refractivity contribution in [3.05, 3.63) is 108 Å². The molecule has 6 aromatic carbocycles. The lowest BCUT2D eigenvalue weighted by atomic mass is 9.62. The number of unbranched alkanes of at least 4 members (excludes halogenated alkanes) is 8. The maximum Gasteiger partial charge on any atom is 0.0727 e. The van der Waals surface area contributed by atoms with Crippen molar-refractivity contribution in [2.24, 2.45) is 0 Å². The quantitative estimate of drug-likeness (QED) is 0.0602. The van der Waals surface area contributed by atoms with Gasteiger partial charge in [0.05, 0.1) is 12.2 Å². The summed E-state index contributed by atoms with van der Waals surface area (Å²) in [5, 5.41) is 34.3. The van der Waals surface area contributed by atoms with Gasteiger partial charge in [-0.15, -0.1) is 0 Å². The lowest BCUT2D eigenvalue weighted by Crippen LogP contribution is -2.51. The number of fused-ring (bicyclic) bond motifs is 4. The van der Waals surface area contributed by atoms with Crippen molar-refractivity contribution >= 4 is 54.5 Å². The Kier molecular flexibility index (Phi) is 13.5. The molecule has 56 heavy (non-hydrogen) atoms. The summed E-state index contributed by atoms with van der Waals surface area (Å²) in [5.74, 6) is -0.748. The topological polar surface area (TPSA) is 46.9 Å². The van der Waals surface area contributed by atoms with Crippen LogP contribution in [0.3, 0.4) is 0 Å². The zero-order chi connectivity index (χ0) is 39.0. The van der Waals surface area contributed by atoms with E-state index in [0.717, 1.165) is 48.1 Å². The monoisotopic (exact) mass is 751 g/mol. The number of aliphatic hydroxyl groups is 2. The first kappa shape index (κ1) is 40.1. The second kappa shape index (κ2) is 18.9. The SMILES string of the molecule is CCCCCN(CCCCC)c1ccc(C2C(O)C(c3ccc(N(CCCCC)CCCCC)c4cc5ccccc5cc34)C2O)c2cc3ccccc3cc12. The highest BCUT2D eigenvalue weighted by molar-refractivity contribution is 6.07. The fourth-order valence-electron chi connectivity index (χ4n) is 9.57. The first-order valence-corrected chi connectivity index (χ1v) is 22.3. The van der Waals surface area contributed by atoms with Gasteiger partial charge in [0.15, 0.2) is 0 Å². The van der Waals surface area contributed by atoms with Crippen LogP contribution in [0.25, 0.3) is 43.1 Å². The molecule has 2 N–H and O–H groups in total. The van der Waals surface area contributed by atoms with Crippen molar-refractivity contribution in [1.82, 2.24) is 0 Å². The van der Waals surface area contributed by atoms with Gasteiger partial charge >= 0.3 is 0 Å². The van der Waals surface area contributed by atoms with E-state index in [2.05, 4.69) is 135 Å². The maximum absolute atomic E-state index is 12.3. The predicted molar refractivity (Wildman–Crippen MR) is 243 cm³/mol. The van der Waals surface area contributed by atoms with Crippen molar-refractivity contribution in [2.45, 2.75) is 129 Å². The molecule has 7 rings (SSSR count). The highest BCUT2D eigenvalue weighted by Gasteiger charge is 2.51. The smallest absolute Gasteiger partial charge is 0.0727 e. The Morgan fingerprint density at radius 2 is 0.696 bits per heavy atom. The number of benzene rings is 6. The van der Waals surface area contributed by atoms with E-state index in [4.69, 9.17) is 0 Å². The minimum atomic E-state index is -0.707. The van der Waals surface area contributed by atoms with E-state index < -0.39 is 12.2 Å². The van der Waals surface area contributed by atoms with Gasteiger partial charge in [-0.25, -0.2) is 0 Å². The number of aliphatic hydroxyl groups excluding tert-OH is 2. The van der Waals surface area contributed by atoms with Crippen LogP contribution in [0.5, 0.6) is 0 Å². The van der Waals surface area contributed by atoms with E-state index >= 15 is 0 Å². The lowest BCUT2D eigenvalue weighted by molar-refractivity contribution is -0.0775. The molecular weight excluding hydrogens is 685 g/mol. The zero-order valence-corrected chi connectivity index (χ0v) is 34.6. The van der Waals surface area contributed by atoms with Gasteiger partial charge in [0.1, 0.15) is 0 Å². The Morgan fingerprint density at radius 3 is 1.00 bits per heavy atom. The van der Waals surface area contributed by atoms with Crippen molar-refractivity contribution in [3.8, 4) is 0 Å². The number of hydrogen-bond acceptors (Lipinski definition) is 4. The van der Waals surface area contributed by atoms with Gasteiger partial charge in [-0.05, 0) is 106 Å². The number of hydrogen-bond donors (Lipinski definition) is 2. The molecule has 1 aliphatic rings. The first-order chi connectivity index (χ1) is 27.5. The minimum absolute atomic E-state index is 0.374. The molecular formula is C52H66N2O2. The molecule has 296 valence electrons. The molecule has 0 unspecified atom stereocenters. The standard InChI is InChI=1S/C52H66N2O2/c1-5-9-17-29-53(30-18-10-6-2)47-27-25-41(43-33-37-21-13-15-23-39(37)35-45(43)47)49-51(55)50(52(49)56)42-26-28-48(54(31-19-11-7-3)32-20-12-8-4)46-36-40-24-16-14-22-38(40)34-44(42)46/h13-16,21-28,33-36,49-52,55-56H,5-12,17-20,29-32H2,1-4H3. The number of anilines is 2. The summed E-state index contributed by atoms with van der Waals surface area (Å²) >= 11 is 0. The van der Waals surface area contributed by atoms with E-state index in [1.165, 1.54) is 121 Å². The lowest BCUT2D eigenvalue weighted by Gasteiger charge is -2.48. The van der Waals surface area contributed by atoms with Crippen LogP contribution in [0.15, 0.2) is 97.1 Å². The fraction of sp³-hybridized carbons (Fsp3) is 0.462. The van der Waals surface area contributed by atoms with Crippen LogP contribution in [-0.4, -0.2) is 48.6 Å². The number of rotatable bonds is 20. The molecule has 0 amide bonds. The molecule has 0 heterocycles. The van der Waals surface area contributed by atoms with Gasteiger partial charge in [0, 0.05) is 60.2 Å². The average molecular weight is 751 g/mol. The number of nitrogens with zero attached hydrogens (tertiary/aromatic N) is 2. The van der Waals surface area contributed by atoms with Crippen molar-refractivity contribution in [3.63, 3.8) is 0 Å². The van der Waals surface area contributed by atoms with Gasteiger partial charge in [-0.1, -0.05) is 140 Å². The molecule has 0 aliphatic heterocycles. The third kappa shape index (κ3) is 8.29. The molecule has 4 nitrogen and oxygen atoms in total. The molecule has 4 heteroatoms. The van der Waals surface area contributed by atoms with Crippen LogP contribution in [-0.2, 0) is 0 Å². The van der Waals surface area contributed by atoms with Gasteiger partial charge in [0.2, 0.25) is 0 Å². The van der Waals surface area contributed by atoms with E-state index in [9.17, 15) is 10.2 Å². The third-order valence-electron chi connectivity index (χ3n) is 12.8. The fourth-order valence-corrected chi connectivity index (χ4v) is 9.57. The molecule has 0 aromatic heterocycles. The Hall–Kier alpha value is -4.12. The highest BCUT2D eigenvalue weighted by atomic mass is 16.3. The largest absolute Gasteiger partial charge is 0.392 e. The summed E-state index contributed by atoms with van der Waals surface area (Å²) in [6.07, 6.45) is 13.0. The normalized spacial score (nSPS) is 18.2. The first-order valence-electron chi connectivity index (χ1n) is 22.3. The Balaban J connectivity index is 1.29. The van der Waals surface area contributed by atoms with E-state index in [1.807, 2.05) is 0 Å². The van der Waals surface area contributed by atoms with E-state index in [0.29, 0.717) is 0 Å². The van der Waals surface area contributed by atoms with Gasteiger partial charge in [0.25, 0.3) is 0 Å². The summed E-state index contributed by atoms with van der Waals surface area (Å²) < 4.78 is 0. The molecule has 1 fully saturated rings. The maximum atomic E-state index is 12.3. The van der Waals surface area contributed by atoms with Gasteiger partial charge in [-0.3, -0.25) is 0 Å². The van der Waals surface area contributed by atoms with E-state index in [1.54, 1.807) is 0 Å². The summed E-state index contributed by atoms with van der Waals surface area (Å²) in [7, 11) is 0. The van der Waals surface area contributed by atoms with Crippen LogP contribution >= 0.6 is 0 Å². The van der Waals surface area contributed by atoms with E-state index in [-0.39, 0.29) is 11.8 Å². The summed E-state index contributed by atoms with van der Waals surface area (Å²) in [5.41, 5.74) is 4.66. The molecule has 0 saturated heterocycles. The predicted octanol–water partition coefficient (Wildman–Crippen LogP) is 13.3. The zero-order valence-electron chi connectivity index (χ0n) is 34.6. The molecule has 0 atom stereocenters. The summed E-state index contributed by atoms with van der Waals surface area (Å²) in [6, 6.07) is 35.6. The van der Waals surface area contributed by atoms with Crippen LogP contribution < -0.4 is 9.80 Å². The highest BCUT2D eigenvalue weighted by Crippen LogP contribution is 2.53. The summed E-state index contributed by atoms with van der Waals surface area (Å²) in [6.45, 7) is 13.3. The van der Waals surface area contributed by atoms with Crippen LogP contribution in [0.1, 0.15) is 128 Å².